The third kappa shape index (κ3) is 37.6. The van der Waals surface area contributed by atoms with Gasteiger partial charge in [-0.25, -0.2) is 0 Å². The van der Waals surface area contributed by atoms with Crippen molar-refractivity contribution >= 4 is 41.2 Å². The van der Waals surface area contributed by atoms with Crippen LogP contribution in [0.4, 0.5) is 0 Å². The second-order valence-corrected chi connectivity index (χ2v) is 22.9. The van der Waals surface area contributed by atoms with Crippen LogP contribution in [-0.4, -0.2) is 147 Å². The lowest BCUT2D eigenvalue weighted by Gasteiger charge is -2.28. The molecule has 0 rings (SSSR count). The molecule has 0 aliphatic heterocycles. The molecule has 6 amide bonds. The molecule has 75 heavy (non-hydrogen) atoms. The van der Waals surface area contributed by atoms with Crippen molar-refractivity contribution in [3.05, 3.63) is 0 Å². The molecule has 0 aromatic carbocycles. The number of unbranched alkanes of at least 4 members (excludes halogenated alkanes) is 7. The fraction of sp³-hybridized carbons (Fsp3) is 0.873. The van der Waals surface area contributed by atoms with Gasteiger partial charge in [-0.05, 0) is 178 Å². The van der Waals surface area contributed by atoms with E-state index in [1.165, 1.54) is 6.92 Å². The summed E-state index contributed by atoms with van der Waals surface area (Å²) in [5, 5.41) is 30.9. The van der Waals surface area contributed by atoms with Crippen LogP contribution in [0, 0.1) is 0 Å². The third-order valence-electron chi connectivity index (χ3n) is 12.9. The molecule has 438 valence electrons. The summed E-state index contributed by atoms with van der Waals surface area (Å²) in [5.41, 5.74) is 17.7. The van der Waals surface area contributed by atoms with Gasteiger partial charge in [0.05, 0.1) is 30.2 Å². The smallest absolute Gasteiger partial charge is 0.243 e. The summed E-state index contributed by atoms with van der Waals surface area (Å²) < 4.78 is 0. The van der Waals surface area contributed by atoms with Gasteiger partial charge < -0.3 is 70.4 Å². The first-order chi connectivity index (χ1) is 35.3. The monoisotopic (exact) mass is 1070 g/mol. The molecule has 0 saturated heterocycles. The molecule has 7 unspecified atom stereocenters. The number of carbonyl (C=O) groups is 7. The Hall–Kier alpha value is -3.79. The SMILES string of the molecule is CCCCC(NC(C)(C)C)C(=O)NCCCCC(NC(=O)C(CCCCNC(C)(C)C)NC)C(=O)NCCCCC(NC(=O)C(CCCCNC(=O)C(N)CCCCNC(C)C)NC(=O)C(N)CCCCN)C(C)=O. The zero-order valence-electron chi connectivity index (χ0n) is 48.8. The second kappa shape index (κ2) is 41.3. The van der Waals surface area contributed by atoms with Crippen LogP contribution in [0.3, 0.4) is 0 Å². The Kier molecular flexibility index (Phi) is 39.2. The first kappa shape index (κ1) is 71.2. The number of Topliss-reactive ketones (excluding diaryl/α,β-unsaturated/α-hetero) is 1. The topological polar surface area (TPSA) is 318 Å². The largest absolute Gasteiger partial charge is 0.355 e. The molecule has 7 atom stereocenters. The van der Waals surface area contributed by atoms with Gasteiger partial charge in [0, 0.05) is 36.8 Å². The van der Waals surface area contributed by atoms with Crippen LogP contribution in [0.15, 0.2) is 0 Å². The lowest BCUT2D eigenvalue weighted by molar-refractivity contribution is -0.131. The van der Waals surface area contributed by atoms with Gasteiger partial charge in [-0.3, -0.25) is 33.6 Å². The van der Waals surface area contributed by atoms with Gasteiger partial charge in [0.1, 0.15) is 12.1 Å². The Morgan fingerprint density at radius 2 is 0.840 bits per heavy atom. The van der Waals surface area contributed by atoms with Gasteiger partial charge in [0.15, 0.2) is 5.78 Å². The van der Waals surface area contributed by atoms with E-state index >= 15 is 0 Å². The van der Waals surface area contributed by atoms with E-state index in [9.17, 15) is 33.6 Å². The van der Waals surface area contributed by atoms with Crippen molar-refractivity contribution in [1.29, 1.82) is 0 Å². The molecule has 20 nitrogen and oxygen atoms in total. The first-order valence-electron chi connectivity index (χ1n) is 28.7. The minimum Gasteiger partial charge on any atom is -0.355 e. The number of amides is 6. The molecule has 0 aliphatic rings. The summed E-state index contributed by atoms with van der Waals surface area (Å²) in [6.07, 6.45) is 13.2. The summed E-state index contributed by atoms with van der Waals surface area (Å²) in [6.45, 7) is 23.4. The minimum absolute atomic E-state index is 0.00271. The van der Waals surface area contributed by atoms with E-state index in [0.29, 0.717) is 109 Å². The van der Waals surface area contributed by atoms with Gasteiger partial charge in [0.25, 0.3) is 0 Å². The highest BCUT2D eigenvalue weighted by Gasteiger charge is 2.29. The molecule has 0 saturated carbocycles. The Morgan fingerprint density at radius 3 is 1.33 bits per heavy atom. The minimum atomic E-state index is -0.971. The van der Waals surface area contributed by atoms with Crippen molar-refractivity contribution in [2.45, 2.75) is 263 Å². The molecule has 0 aromatic heterocycles. The zero-order valence-corrected chi connectivity index (χ0v) is 48.8. The van der Waals surface area contributed by atoms with Crippen LogP contribution in [-0.2, 0) is 33.6 Å². The summed E-state index contributed by atoms with van der Waals surface area (Å²) in [4.78, 5) is 93.0. The summed E-state index contributed by atoms with van der Waals surface area (Å²) in [6, 6.07) is -4.45. The van der Waals surface area contributed by atoms with E-state index in [4.69, 9.17) is 17.2 Å². The molecule has 0 radical (unpaired) electrons. The van der Waals surface area contributed by atoms with E-state index in [0.717, 1.165) is 58.0 Å². The van der Waals surface area contributed by atoms with Crippen molar-refractivity contribution in [2.75, 3.05) is 46.3 Å². The Labute approximate surface area is 453 Å². The second-order valence-electron chi connectivity index (χ2n) is 22.9. The number of likely N-dealkylation sites (N-methyl/N-ethyl adjacent to an activating group) is 1. The van der Waals surface area contributed by atoms with E-state index < -0.39 is 48.1 Å². The predicted octanol–water partition coefficient (Wildman–Crippen LogP) is 2.93. The molecular weight excluding hydrogens is 955 g/mol. The van der Waals surface area contributed by atoms with Gasteiger partial charge in [-0.15, -0.1) is 0 Å². The van der Waals surface area contributed by atoms with E-state index in [-0.39, 0.29) is 59.5 Å². The van der Waals surface area contributed by atoms with Gasteiger partial charge in [-0.2, -0.15) is 0 Å². The number of carbonyl (C=O) groups excluding carboxylic acids is 7. The molecule has 16 N–H and O–H groups in total. The molecule has 0 aromatic rings. The predicted molar refractivity (Wildman–Crippen MR) is 304 cm³/mol. The Morgan fingerprint density at radius 1 is 0.440 bits per heavy atom. The molecule has 0 heterocycles. The molecule has 0 fully saturated rings. The maximum atomic E-state index is 13.8. The van der Waals surface area contributed by atoms with Gasteiger partial charge >= 0.3 is 0 Å². The van der Waals surface area contributed by atoms with Crippen molar-refractivity contribution < 1.29 is 33.6 Å². The Balaban J connectivity index is 5.66. The normalized spacial score (nSPS) is 14.7. The van der Waals surface area contributed by atoms with Gasteiger partial charge in [-0.1, -0.05) is 52.9 Å². The number of ketones is 1. The molecule has 0 spiro atoms. The third-order valence-corrected chi connectivity index (χ3v) is 12.9. The summed E-state index contributed by atoms with van der Waals surface area (Å²) >= 11 is 0. The number of hydrogen-bond donors (Lipinski definition) is 13. The number of hydrogen-bond acceptors (Lipinski definition) is 14. The van der Waals surface area contributed by atoms with Crippen molar-refractivity contribution in [2.24, 2.45) is 17.2 Å². The average molecular weight is 1070 g/mol. The van der Waals surface area contributed by atoms with Crippen LogP contribution >= 0.6 is 0 Å². The maximum Gasteiger partial charge on any atom is 0.243 e. The van der Waals surface area contributed by atoms with Crippen LogP contribution < -0.4 is 70.4 Å². The van der Waals surface area contributed by atoms with Crippen LogP contribution in [0.25, 0.3) is 0 Å². The van der Waals surface area contributed by atoms with Crippen molar-refractivity contribution in [1.82, 2.24) is 53.2 Å². The lowest BCUT2D eigenvalue weighted by atomic mass is 10.0. The average Bonchev–Trinajstić information content (AvgIpc) is 3.33. The van der Waals surface area contributed by atoms with Crippen LogP contribution in [0.5, 0.6) is 0 Å². The number of nitrogens with one attached hydrogen (secondary N) is 10. The fourth-order valence-electron chi connectivity index (χ4n) is 8.36. The summed E-state index contributed by atoms with van der Waals surface area (Å²) in [5.74, 6) is -2.10. The fourth-order valence-corrected chi connectivity index (χ4v) is 8.36. The van der Waals surface area contributed by atoms with E-state index in [1.807, 2.05) is 20.8 Å². The molecule has 20 heteroatoms. The number of rotatable bonds is 45. The van der Waals surface area contributed by atoms with Crippen LogP contribution in [0.1, 0.15) is 204 Å². The number of nitrogens with two attached hydrogens (primary N) is 3. The Bertz CT molecular complexity index is 1610. The molecule has 0 aliphatic carbocycles. The highest BCUT2D eigenvalue weighted by atomic mass is 16.2. The lowest BCUT2D eigenvalue weighted by Crippen LogP contribution is -2.54. The first-order valence-corrected chi connectivity index (χ1v) is 28.7. The highest BCUT2D eigenvalue weighted by molar-refractivity contribution is 5.93. The molecular formula is C55H111N13O7. The standard InChI is InChI=1S/C55H111N13O7/c1-12-13-28-47(68-55(8,9)10)51(73)63-37-24-17-31-45(67-52(74)44(59-11)30-19-25-38-64-54(5,6)7)50(72)62-36-22-16-29-43(40(4)69)65-53(75)46(66-49(71)42(58)26-14-20-33-56)32-18-23-35-61-48(70)41(57)27-15-21-34-60-39(2)3/h39,41-47,59-60,64,68H,12-38,56-58H2,1-11H3,(H,61,70)(H,62,72)(H,63,73)(H,65,75)(H,66,71)(H,67,74). The van der Waals surface area contributed by atoms with E-state index in [1.54, 1.807) is 7.05 Å². The highest BCUT2D eigenvalue weighted by Crippen LogP contribution is 2.12. The molecule has 0 bridgehead atoms. The van der Waals surface area contributed by atoms with Crippen LogP contribution in [0.2, 0.25) is 0 Å². The maximum absolute atomic E-state index is 13.8. The van der Waals surface area contributed by atoms with Crippen molar-refractivity contribution in [3.8, 4) is 0 Å². The zero-order chi connectivity index (χ0) is 56.8. The van der Waals surface area contributed by atoms with E-state index in [2.05, 4.69) is 94.7 Å². The quantitative estimate of drug-likeness (QED) is 0.0391. The van der Waals surface area contributed by atoms with Crippen molar-refractivity contribution in [3.63, 3.8) is 0 Å². The van der Waals surface area contributed by atoms with Gasteiger partial charge in [0.2, 0.25) is 35.4 Å². The summed E-state index contributed by atoms with van der Waals surface area (Å²) in [7, 11) is 1.74.